The molecule has 0 saturated carbocycles. The number of hydrogen-bond donors (Lipinski definition) is 2. The predicted molar refractivity (Wildman–Crippen MR) is 80.5 cm³/mol. The summed E-state index contributed by atoms with van der Waals surface area (Å²) in [6.07, 6.45) is 1.21. The summed E-state index contributed by atoms with van der Waals surface area (Å²) >= 11 is 2.92. The lowest BCUT2D eigenvalue weighted by Gasteiger charge is -2.09. The van der Waals surface area contributed by atoms with Gasteiger partial charge in [0.1, 0.15) is 16.6 Å². The quantitative estimate of drug-likeness (QED) is 0.851. The second kappa shape index (κ2) is 6.56. The number of ether oxygens (including phenoxy) is 1. The molecular formula is C12H15N5O2S2. The van der Waals surface area contributed by atoms with Crippen molar-refractivity contribution in [1.29, 1.82) is 0 Å². The van der Waals surface area contributed by atoms with Gasteiger partial charge in [-0.15, -0.1) is 21.5 Å². The molecule has 112 valence electrons. The predicted octanol–water partition coefficient (Wildman–Crippen LogP) is 0.968. The second-order valence-electron chi connectivity index (χ2n) is 4.56. The van der Waals surface area contributed by atoms with Crippen LogP contribution in [0.3, 0.4) is 0 Å². The van der Waals surface area contributed by atoms with Crippen molar-refractivity contribution in [2.24, 2.45) is 0 Å². The third-order valence-electron chi connectivity index (χ3n) is 2.94. The Kier molecular flexibility index (Phi) is 4.54. The standard InChI is InChI=1S/C12H15N5O2S2/c1-19-6-11-16-17-12(21-11)15-9(18)4-10-14-7-2-3-13-5-8(7)20-10/h13H,2-6H2,1H3,(H,15,17,18). The van der Waals surface area contributed by atoms with E-state index in [2.05, 4.69) is 25.8 Å². The summed E-state index contributed by atoms with van der Waals surface area (Å²) in [5.74, 6) is -0.117. The molecule has 0 aliphatic carbocycles. The van der Waals surface area contributed by atoms with E-state index in [4.69, 9.17) is 4.74 Å². The second-order valence-corrected chi connectivity index (χ2v) is 6.79. The Morgan fingerprint density at radius 1 is 1.38 bits per heavy atom. The summed E-state index contributed by atoms with van der Waals surface area (Å²) in [6, 6.07) is 0. The number of methoxy groups -OCH3 is 1. The Hall–Kier alpha value is -1.42. The summed E-state index contributed by atoms with van der Waals surface area (Å²) in [5, 5.41) is 16.0. The fourth-order valence-corrected chi connectivity index (χ4v) is 3.85. The minimum Gasteiger partial charge on any atom is -0.377 e. The molecule has 2 N–H and O–H groups in total. The van der Waals surface area contributed by atoms with Crippen LogP contribution in [-0.2, 0) is 35.5 Å². The van der Waals surface area contributed by atoms with Gasteiger partial charge in [-0.1, -0.05) is 11.3 Å². The SMILES string of the molecule is COCc1nnc(NC(=O)Cc2nc3c(s2)CNCC3)s1. The third kappa shape index (κ3) is 3.62. The number of nitrogens with one attached hydrogen (secondary N) is 2. The van der Waals surface area contributed by atoms with E-state index in [9.17, 15) is 4.79 Å². The largest absolute Gasteiger partial charge is 0.377 e. The van der Waals surface area contributed by atoms with Crippen LogP contribution in [0.5, 0.6) is 0 Å². The monoisotopic (exact) mass is 325 g/mol. The van der Waals surface area contributed by atoms with Crippen LogP contribution in [0.2, 0.25) is 0 Å². The Labute approximate surface area is 129 Å². The zero-order valence-corrected chi connectivity index (χ0v) is 13.1. The molecule has 3 heterocycles. The van der Waals surface area contributed by atoms with Crippen LogP contribution in [0, 0.1) is 0 Å². The van der Waals surface area contributed by atoms with Crippen LogP contribution in [0.1, 0.15) is 20.6 Å². The maximum absolute atomic E-state index is 12.0. The van der Waals surface area contributed by atoms with Crippen molar-refractivity contribution in [3.05, 3.63) is 20.6 Å². The number of fused-ring (bicyclic) bond motifs is 1. The highest BCUT2D eigenvalue weighted by molar-refractivity contribution is 7.15. The maximum atomic E-state index is 12.0. The van der Waals surface area contributed by atoms with Gasteiger partial charge in [0.25, 0.3) is 0 Å². The molecule has 0 unspecified atom stereocenters. The lowest BCUT2D eigenvalue weighted by Crippen LogP contribution is -2.22. The number of hydrogen-bond acceptors (Lipinski definition) is 8. The van der Waals surface area contributed by atoms with Crippen molar-refractivity contribution in [3.63, 3.8) is 0 Å². The lowest BCUT2D eigenvalue weighted by atomic mass is 10.2. The molecule has 2 aromatic rings. The van der Waals surface area contributed by atoms with Gasteiger partial charge >= 0.3 is 0 Å². The van der Waals surface area contributed by atoms with Gasteiger partial charge in [0.15, 0.2) is 0 Å². The molecule has 0 aromatic carbocycles. The molecule has 1 aliphatic heterocycles. The van der Waals surface area contributed by atoms with Gasteiger partial charge < -0.3 is 15.4 Å². The molecule has 0 radical (unpaired) electrons. The molecule has 9 heteroatoms. The van der Waals surface area contributed by atoms with Crippen LogP contribution >= 0.6 is 22.7 Å². The number of anilines is 1. The van der Waals surface area contributed by atoms with Crippen molar-refractivity contribution in [1.82, 2.24) is 20.5 Å². The van der Waals surface area contributed by atoms with Gasteiger partial charge in [-0.2, -0.15) is 0 Å². The number of carbonyl (C=O) groups is 1. The van der Waals surface area contributed by atoms with Crippen LogP contribution < -0.4 is 10.6 Å². The summed E-state index contributed by atoms with van der Waals surface area (Å²) < 4.78 is 4.97. The number of aromatic nitrogens is 3. The molecule has 0 spiro atoms. The number of carbonyl (C=O) groups excluding carboxylic acids is 1. The molecule has 3 rings (SSSR count). The van der Waals surface area contributed by atoms with Crippen molar-refractivity contribution in [3.8, 4) is 0 Å². The highest BCUT2D eigenvalue weighted by atomic mass is 32.1. The van der Waals surface area contributed by atoms with Crippen LogP contribution in [0.4, 0.5) is 5.13 Å². The van der Waals surface area contributed by atoms with E-state index < -0.39 is 0 Å². The molecule has 0 atom stereocenters. The molecule has 1 amide bonds. The average Bonchev–Trinajstić information content (AvgIpc) is 3.05. The van der Waals surface area contributed by atoms with Crippen LogP contribution in [0.15, 0.2) is 0 Å². The molecule has 0 saturated heterocycles. The van der Waals surface area contributed by atoms with Crippen molar-refractivity contribution in [2.75, 3.05) is 19.0 Å². The first-order valence-electron chi connectivity index (χ1n) is 6.54. The first-order valence-corrected chi connectivity index (χ1v) is 8.17. The van der Waals surface area contributed by atoms with Crippen molar-refractivity contribution < 1.29 is 9.53 Å². The van der Waals surface area contributed by atoms with E-state index in [0.29, 0.717) is 11.7 Å². The number of nitrogens with zero attached hydrogens (tertiary/aromatic N) is 3. The summed E-state index contributed by atoms with van der Waals surface area (Å²) in [5.41, 5.74) is 1.12. The zero-order chi connectivity index (χ0) is 14.7. The summed E-state index contributed by atoms with van der Waals surface area (Å²) in [6.45, 7) is 2.21. The van der Waals surface area contributed by atoms with Gasteiger partial charge in [0.2, 0.25) is 11.0 Å². The van der Waals surface area contributed by atoms with E-state index in [0.717, 1.165) is 35.2 Å². The highest BCUT2D eigenvalue weighted by Crippen LogP contribution is 2.22. The fraction of sp³-hybridized carbons (Fsp3) is 0.500. The van der Waals surface area contributed by atoms with E-state index in [1.54, 1.807) is 18.4 Å². The Morgan fingerprint density at radius 2 is 2.29 bits per heavy atom. The molecule has 0 bridgehead atoms. The van der Waals surface area contributed by atoms with Gasteiger partial charge in [-0.25, -0.2) is 4.98 Å². The first-order chi connectivity index (χ1) is 10.2. The normalized spacial score (nSPS) is 14.0. The molecule has 1 aliphatic rings. The average molecular weight is 325 g/mol. The van der Waals surface area contributed by atoms with Gasteiger partial charge in [-0.05, 0) is 0 Å². The Balaban J connectivity index is 1.59. The maximum Gasteiger partial charge on any atom is 0.233 e. The van der Waals surface area contributed by atoms with Crippen molar-refractivity contribution >= 4 is 33.7 Å². The smallest absolute Gasteiger partial charge is 0.233 e. The number of rotatable bonds is 5. The number of amides is 1. The third-order valence-corrected chi connectivity index (χ3v) is 4.85. The van der Waals surface area contributed by atoms with Gasteiger partial charge in [0.05, 0.1) is 12.1 Å². The molecule has 0 fully saturated rings. The van der Waals surface area contributed by atoms with E-state index in [1.807, 2.05) is 0 Å². The van der Waals surface area contributed by atoms with Gasteiger partial charge in [-0.3, -0.25) is 4.79 Å². The molecule has 21 heavy (non-hydrogen) atoms. The molecule has 7 nitrogen and oxygen atoms in total. The first kappa shape index (κ1) is 14.5. The highest BCUT2D eigenvalue weighted by Gasteiger charge is 2.17. The minimum absolute atomic E-state index is 0.117. The van der Waals surface area contributed by atoms with Crippen molar-refractivity contribution in [2.45, 2.75) is 26.0 Å². The Morgan fingerprint density at radius 3 is 3.10 bits per heavy atom. The molecular weight excluding hydrogens is 310 g/mol. The van der Waals surface area contributed by atoms with Gasteiger partial charge in [0, 0.05) is 31.5 Å². The Bertz CT molecular complexity index is 616. The lowest BCUT2D eigenvalue weighted by molar-refractivity contribution is -0.115. The fourth-order valence-electron chi connectivity index (χ4n) is 2.04. The molecule has 2 aromatic heterocycles. The van der Waals surface area contributed by atoms with E-state index >= 15 is 0 Å². The zero-order valence-electron chi connectivity index (χ0n) is 11.5. The van der Waals surface area contributed by atoms with Crippen LogP contribution in [0.25, 0.3) is 0 Å². The summed E-state index contributed by atoms with van der Waals surface area (Å²) in [4.78, 5) is 17.8. The van der Waals surface area contributed by atoms with Crippen LogP contribution in [-0.4, -0.2) is 34.7 Å². The minimum atomic E-state index is -0.117. The van der Waals surface area contributed by atoms with E-state index in [-0.39, 0.29) is 12.3 Å². The number of thiazole rings is 1. The summed E-state index contributed by atoms with van der Waals surface area (Å²) in [7, 11) is 1.60. The topological polar surface area (TPSA) is 89.0 Å². The van der Waals surface area contributed by atoms with E-state index in [1.165, 1.54) is 16.2 Å².